The minimum absolute atomic E-state index is 0.0849. The van der Waals surface area contributed by atoms with E-state index in [4.69, 9.17) is 0 Å². The standard InChI is InChI=1S/C21H19N5O3/c27-19(16-4-8-23-9-5-16)17-18(15-2-6-22-7-3-15)26(21(29)20(17)28)12-1-11-25-13-10-24-14-25/h2-10,13-14,18H,1,11-12H2,(H,27,28)/p+1. The summed E-state index contributed by atoms with van der Waals surface area (Å²) < 4.78 is 1.97. The minimum Gasteiger partial charge on any atom is -0.507 e. The van der Waals surface area contributed by atoms with Gasteiger partial charge in [0.25, 0.3) is 11.7 Å². The highest BCUT2D eigenvalue weighted by molar-refractivity contribution is 6.46. The Morgan fingerprint density at radius 1 is 1.10 bits per heavy atom. The van der Waals surface area contributed by atoms with E-state index in [1.807, 2.05) is 23.3 Å². The first-order valence-electron chi connectivity index (χ1n) is 9.27. The zero-order chi connectivity index (χ0) is 20.2. The molecule has 0 spiro atoms. The molecule has 8 nitrogen and oxygen atoms in total. The zero-order valence-corrected chi connectivity index (χ0v) is 15.6. The fourth-order valence-corrected chi connectivity index (χ4v) is 3.55. The highest BCUT2D eigenvalue weighted by Crippen LogP contribution is 2.39. The number of aryl methyl sites for hydroxylation is 1. The summed E-state index contributed by atoms with van der Waals surface area (Å²) in [6.45, 7) is 1.07. The molecule has 1 atom stereocenters. The van der Waals surface area contributed by atoms with Gasteiger partial charge in [-0.15, -0.1) is 0 Å². The SMILES string of the molecule is O=C1C(=O)N(CCC[n+]2cc[nH]c2)C(c2ccncc2)C1=C(O)c1ccncc1. The van der Waals surface area contributed by atoms with Crippen LogP contribution in [0.1, 0.15) is 23.6 Å². The Balaban J connectivity index is 1.70. The van der Waals surface area contributed by atoms with Crippen LogP contribution in [-0.4, -0.2) is 43.2 Å². The van der Waals surface area contributed by atoms with Gasteiger partial charge in [0.2, 0.25) is 6.33 Å². The third-order valence-corrected chi connectivity index (χ3v) is 4.93. The number of imidazole rings is 1. The molecule has 146 valence electrons. The minimum atomic E-state index is -0.685. The number of Topliss-reactive ketones (excluding diaryl/α,β-unsaturated/α-hetero) is 1. The molecular formula is C21H20N5O3+. The van der Waals surface area contributed by atoms with Crippen LogP contribution in [0.3, 0.4) is 0 Å². The van der Waals surface area contributed by atoms with E-state index in [0.717, 1.165) is 5.56 Å². The quantitative estimate of drug-likeness (QED) is 0.288. The molecule has 1 fully saturated rings. The third-order valence-electron chi connectivity index (χ3n) is 4.93. The molecule has 8 heteroatoms. The number of nitrogens with zero attached hydrogens (tertiary/aromatic N) is 4. The Labute approximate surface area is 167 Å². The highest BCUT2D eigenvalue weighted by Gasteiger charge is 2.45. The smallest absolute Gasteiger partial charge is 0.295 e. The summed E-state index contributed by atoms with van der Waals surface area (Å²) in [5.74, 6) is -1.49. The number of aromatic nitrogens is 4. The van der Waals surface area contributed by atoms with Crippen LogP contribution in [0.25, 0.3) is 5.76 Å². The third kappa shape index (κ3) is 3.64. The number of likely N-dealkylation sites (tertiary alicyclic amines) is 1. The maximum Gasteiger partial charge on any atom is 0.295 e. The van der Waals surface area contributed by atoms with Crippen LogP contribution in [0.15, 0.2) is 73.3 Å². The van der Waals surface area contributed by atoms with Gasteiger partial charge in [-0.25, -0.2) is 4.57 Å². The summed E-state index contributed by atoms with van der Waals surface area (Å²) in [6, 6.07) is 6.06. The van der Waals surface area contributed by atoms with Crippen molar-refractivity contribution in [3.8, 4) is 0 Å². The number of pyridine rings is 2. The van der Waals surface area contributed by atoms with E-state index in [2.05, 4.69) is 15.0 Å². The lowest BCUT2D eigenvalue weighted by Crippen LogP contribution is -2.36. The molecule has 1 unspecified atom stereocenters. The number of rotatable bonds is 6. The van der Waals surface area contributed by atoms with E-state index in [-0.39, 0.29) is 11.3 Å². The first kappa shape index (κ1) is 18.5. The van der Waals surface area contributed by atoms with E-state index in [0.29, 0.717) is 25.1 Å². The first-order valence-corrected chi connectivity index (χ1v) is 9.27. The van der Waals surface area contributed by atoms with Gasteiger partial charge in [-0.05, 0) is 29.8 Å². The predicted octanol–water partition coefficient (Wildman–Crippen LogP) is 1.60. The van der Waals surface area contributed by atoms with Crippen molar-refractivity contribution in [1.29, 1.82) is 0 Å². The lowest BCUT2D eigenvalue weighted by atomic mass is 9.96. The van der Waals surface area contributed by atoms with Crippen LogP contribution in [0.5, 0.6) is 0 Å². The molecule has 29 heavy (non-hydrogen) atoms. The highest BCUT2D eigenvalue weighted by atomic mass is 16.3. The van der Waals surface area contributed by atoms with Crippen LogP contribution >= 0.6 is 0 Å². The molecule has 1 amide bonds. The predicted molar refractivity (Wildman–Crippen MR) is 103 cm³/mol. The number of ketones is 1. The van der Waals surface area contributed by atoms with E-state index < -0.39 is 17.7 Å². The van der Waals surface area contributed by atoms with E-state index >= 15 is 0 Å². The summed E-state index contributed by atoms with van der Waals surface area (Å²) >= 11 is 0. The number of carbonyl (C=O) groups excluding carboxylic acids is 2. The molecule has 3 aromatic heterocycles. The monoisotopic (exact) mass is 390 g/mol. The van der Waals surface area contributed by atoms with Gasteiger partial charge in [0.05, 0.1) is 18.2 Å². The van der Waals surface area contributed by atoms with Crippen molar-refractivity contribution in [3.05, 3.63) is 84.5 Å². The number of aromatic amines is 1. The van der Waals surface area contributed by atoms with Crippen molar-refractivity contribution < 1.29 is 19.3 Å². The van der Waals surface area contributed by atoms with Gasteiger partial charge in [-0.2, -0.15) is 0 Å². The number of hydrogen-bond donors (Lipinski definition) is 2. The number of aliphatic hydroxyl groups excluding tert-OH is 1. The number of H-pyrrole nitrogens is 1. The van der Waals surface area contributed by atoms with Crippen molar-refractivity contribution in [3.63, 3.8) is 0 Å². The van der Waals surface area contributed by atoms with Crippen molar-refractivity contribution in [2.24, 2.45) is 0 Å². The molecule has 0 aromatic carbocycles. The van der Waals surface area contributed by atoms with Gasteiger partial charge < -0.3 is 10.0 Å². The fourth-order valence-electron chi connectivity index (χ4n) is 3.55. The molecule has 4 heterocycles. The maximum atomic E-state index is 12.9. The zero-order valence-electron chi connectivity index (χ0n) is 15.6. The van der Waals surface area contributed by atoms with Gasteiger partial charge >= 0.3 is 0 Å². The first-order chi connectivity index (χ1) is 14.2. The van der Waals surface area contributed by atoms with Crippen LogP contribution < -0.4 is 4.57 Å². The Morgan fingerprint density at radius 3 is 2.45 bits per heavy atom. The maximum absolute atomic E-state index is 12.9. The van der Waals surface area contributed by atoms with E-state index in [9.17, 15) is 14.7 Å². The lowest BCUT2D eigenvalue weighted by molar-refractivity contribution is -0.695. The summed E-state index contributed by atoms with van der Waals surface area (Å²) in [5.41, 5.74) is 1.26. The molecule has 1 aliphatic heterocycles. The van der Waals surface area contributed by atoms with Crippen LogP contribution in [0.4, 0.5) is 0 Å². The average molecular weight is 390 g/mol. The van der Waals surface area contributed by atoms with Gasteiger partial charge in [0, 0.05) is 43.3 Å². The van der Waals surface area contributed by atoms with E-state index in [1.54, 1.807) is 36.7 Å². The number of amides is 1. The van der Waals surface area contributed by atoms with Gasteiger partial charge in [0.15, 0.2) is 0 Å². The molecule has 0 saturated carbocycles. The second kappa shape index (κ2) is 8.05. The molecule has 1 aliphatic rings. The number of nitrogens with one attached hydrogen (secondary N) is 1. The number of carbonyl (C=O) groups is 2. The van der Waals surface area contributed by atoms with Crippen molar-refractivity contribution in [2.45, 2.75) is 19.0 Å². The summed E-state index contributed by atoms with van der Waals surface area (Å²) in [5, 5.41) is 10.9. The van der Waals surface area contributed by atoms with Gasteiger partial charge in [-0.3, -0.25) is 24.5 Å². The summed E-state index contributed by atoms with van der Waals surface area (Å²) in [4.78, 5) is 38.1. The second-order valence-electron chi connectivity index (χ2n) is 6.71. The Hall–Kier alpha value is -3.81. The number of aliphatic hydroxyl groups is 1. The summed E-state index contributed by atoms with van der Waals surface area (Å²) in [6.07, 6.45) is 12.5. The van der Waals surface area contributed by atoms with Gasteiger partial charge in [-0.1, -0.05) is 0 Å². The molecule has 0 aliphatic carbocycles. The van der Waals surface area contributed by atoms with Crippen molar-refractivity contribution in [1.82, 2.24) is 19.9 Å². The van der Waals surface area contributed by atoms with Crippen LogP contribution in [0.2, 0.25) is 0 Å². The van der Waals surface area contributed by atoms with Crippen molar-refractivity contribution in [2.75, 3.05) is 6.54 Å². The fraction of sp³-hybridized carbons (Fsp3) is 0.190. The molecule has 2 N–H and O–H groups in total. The molecular weight excluding hydrogens is 370 g/mol. The molecule has 3 aromatic rings. The van der Waals surface area contributed by atoms with Gasteiger partial charge in [0.1, 0.15) is 18.2 Å². The summed E-state index contributed by atoms with van der Waals surface area (Å²) in [7, 11) is 0. The van der Waals surface area contributed by atoms with E-state index in [1.165, 1.54) is 17.3 Å². The second-order valence-corrected chi connectivity index (χ2v) is 6.71. The average Bonchev–Trinajstić information content (AvgIpc) is 3.37. The lowest BCUT2D eigenvalue weighted by Gasteiger charge is -2.25. The molecule has 4 rings (SSSR count). The Kier molecular flexibility index (Phi) is 5.15. The molecule has 0 bridgehead atoms. The van der Waals surface area contributed by atoms with Crippen LogP contribution in [-0.2, 0) is 16.1 Å². The molecule has 0 radical (unpaired) electrons. The number of hydrogen-bond acceptors (Lipinski definition) is 5. The normalized spacial score (nSPS) is 18.3. The Bertz CT molecular complexity index is 1030. The van der Waals surface area contributed by atoms with Crippen LogP contribution in [0, 0.1) is 0 Å². The molecule has 1 saturated heterocycles. The topological polar surface area (TPSA) is 103 Å². The largest absolute Gasteiger partial charge is 0.507 e. The Morgan fingerprint density at radius 2 is 1.79 bits per heavy atom. The van der Waals surface area contributed by atoms with Crippen molar-refractivity contribution >= 4 is 17.4 Å².